The summed E-state index contributed by atoms with van der Waals surface area (Å²) in [5, 5.41) is 7.88. The number of benzene rings is 1. The maximum atomic E-state index is 12.4. The highest BCUT2D eigenvalue weighted by molar-refractivity contribution is 6.31. The van der Waals surface area contributed by atoms with Gasteiger partial charge in [0.1, 0.15) is 10.9 Å². The van der Waals surface area contributed by atoms with Crippen LogP contribution in [0.25, 0.3) is 6.08 Å². The number of aryl methyl sites for hydroxylation is 2. The van der Waals surface area contributed by atoms with Gasteiger partial charge in [-0.1, -0.05) is 23.7 Å². The van der Waals surface area contributed by atoms with E-state index in [-0.39, 0.29) is 11.9 Å². The number of carbonyl (C=O) groups is 1. The molecule has 1 N–H and O–H groups in total. The maximum absolute atomic E-state index is 12.4. The number of methoxy groups -OCH3 is 1. The number of ether oxygens (including phenoxy) is 1. The van der Waals surface area contributed by atoms with Gasteiger partial charge >= 0.3 is 0 Å². The smallest absolute Gasteiger partial charge is 0.244 e. The van der Waals surface area contributed by atoms with E-state index in [2.05, 4.69) is 10.4 Å². The fourth-order valence-electron chi connectivity index (χ4n) is 2.91. The standard InChI is InChI=1S/C19H22ClN3O2/c1-12-16(19(20)23(2)22-12)10-11-17(24)21-18(13-4-5-13)14-6-8-15(25-3)9-7-14/h6-11,13,18H,4-5H2,1-3H3,(H,21,24)/b11-10+. The quantitative estimate of drug-likeness (QED) is 0.800. The SMILES string of the molecule is COc1ccc(C(NC(=O)/C=C/c2c(C)nn(C)c2Cl)C2CC2)cc1. The molecular formula is C19H22ClN3O2. The lowest BCUT2D eigenvalue weighted by Gasteiger charge is -2.18. The molecule has 25 heavy (non-hydrogen) atoms. The Hall–Kier alpha value is -2.27. The lowest BCUT2D eigenvalue weighted by molar-refractivity contribution is -0.117. The van der Waals surface area contributed by atoms with Gasteiger partial charge in [0.05, 0.1) is 18.8 Å². The van der Waals surface area contributed by atoms with E-state index in [1.165, 1.54) is 6.08 Å². The molecule has 1 saturated carbocycles. The Labute approximate surface area is 152 Å². The number of nitrogens with one attached hydrogen (secondary N) is 1. The molecule has 1 aromatic heterocycles. The van der Waals surface area contributed by atoms with Crippen molar-refractivity contribution >= 4 is 23.6 Å². The van der Waals surface area contributed by atoms with Gasteiger partial charge < -0.3 is 10.1 Å². The first-order valence-electron chi connectivity index (χ1n) is 8.31. The number of halogens is 1. The normalized spacial score (nSPS) is 15.4. The van der Waals surface area contributed by atoms with Crippen molar-refractivity contribution in [3.05, 3.63) is 52.3 Å². The summed E-state index contributed by atoms with van der Waals surface area (Å²) in [5.41, 5.74) is 2.66. The second-order valence-corrected chi connectivity index (χ2v) is 6.70. The van der Waals surface area contributed by atoms with Gasteiger partial charge in [0, 0.05) is 18.7 Å². The largest absolute Gasteiger partial charge is 0.497 e. The van der Waals surface area contributed by atoms with E-state index in [9.17, 15) is 4.79 Å². The molecule has 1 heterocycles. The first-order valence-corrected chi connectivity index (χ1v) is 8.69. The zero-order chi connectivity index (χ0) is 18.0. The molecule has 0 radical (unpaired) electrons. The third kappa shape index (κ3) is 4.04. The van der Waals surface area contributed by atoms with Gasteiger partial charge in [-0.15, -0.1) is 0 Å². The third-order valence-electron chi connectivity index (χ3n) is 4.46. The minimum atomic E-state index is -0.132. The number of amides is 1. The van der Waals surface area contributed by atoms with Crippen molar-refractivity contribution in [2.24, 2.45) is 13.0 Å². The highest BCUT2D eigenvalue weighted by Gasteiger charge is 2.33. The summed E-state index contributed by atoms with van der Waals surface area (Å²) in [7, 11) is 3.42. The Kier molecular flexibility index (Phi) is 5.13. The molecule has 0 saturated heterocycles. The van der Waals surface area contributed by atoms with Gasteiger partial charge in [-0.3, -0.25) is 9.48 Å². The number of carbonyl (C=O) groups excluding carboxylic acids is 1. The minimum Gasteiger partial charge on any atom is -0.497 e. The zero-order valence-electron chi connectivity index (χ0n) is 14.6. The second-order valence-electron chi connectivity index (χ2n) is 6.34. The van der Waals surface area contributed by atoms with Crippen molar-refractivity contribution in [2.75, 3.05) is 7.11 Å². The van der Waals surface area contributed by atoms with Crippen molar-refractivity contribution in [2.45, 2.75) is 25.8 Å². The molecule has 0 spiro atoms. The predicted octanol–water partition coefficient (Wildman–Crippen LogP) is 3.67. The summed E-state index contributed by atoms with van der Waals surface area (Å²) in [6, 6.07) is 7.88. The number of nitrogens with zero attached hydrogens (tertiary/aromatic N) is 2. The van der Waals surface area contributed by atoms with Crippen LogP contribution in [0.5, 0.6) is 5.75 Å². The molecule has 2 aromatic rings. The van der Waals surface area contributed by atoms with Crippen LogP contribution in [0.2, 0.25) is 5.15 Å². The maximum Gasteiger partial charge on any atom is 0.244 e. The minimum absolute atomic E-state index is 0.0218. The lowest BCUT2D eigenvalue weighted by atomic mass is 10.0. The number of rotatable bonds is 6. The van der Waals surface area contributed by atoms with Gasteiger partial charge in [-0.2, -0.15) is 5.10 Å². The molecule has 1 fully saturated rings. The van der Waals surface area contributed by atoms with Crippen LogP contribution in [0.15, 0.2) is 30.3 Å². The van der Waals surface area contributed by atoms with Crippen molar-refractivity contribution in [3.8, 4) is 5.75 Å². The third-order valence-corrected chi connectivity index (χ3v) is 4.91. The summed E-state index contributed by atoms with van der Waals surface area (Å²) in [4.78, 5) is 12.4. The summed E-state index contributed by atoms with van der Waals surface area (Å²) >= 11 is 6.19. The topological polar surface area (TPSA) is 56.1 Å². The Morgan fingerprint density at radius 2 is 2.08 bits per heavy atom. The van der Waals surface area contributed by atoms with E-state index in [1.54, 1.807) is 24.9 Å². The van der Waals surface area contributed by atoms with Crippen LogP contribution in [0, 0.1) is 12.8 Å². The molecule has 132 valence electrons. The summed E-state index contributed by atoms with van der Waals surface area (Å²) < 4.78 is 6.80. The number of aromatic nitrogens is 2. The predicted molar refractivity (Wildman–Crippen MR) is 98.6 cm³/mol. The van der Waals surface area contributed by atoms with Gasteiger partial charge in [0.25, 0.3) is 0 Å². The molecule has 5 nitrogen and oxygen atoms in total. The Morgan fingerprint density at radius 3 is 2.60 bits per heavy atom. The molecule has 1 amide bonds. The average molecular weight is 360 g/mol. The van der Waals surface area contributed by atoms with Crippen LogP contribution in [0.3, 0.4) is 0 Å². The van der Waals surface area contributed by atoms with Crippen molar-refractivity contribution in [3.63, 3.8) is 0 Å². The summed E-state index contributed by atoms with van der Waals surface area (Å²) in [6.45, 7) is 1.87. The van der Waals surface area contributed by atoms with E-state index in [4.69, 9.17) is 16.3 Å². The first kappa shape index (κ1) is 17.5. The van der Waals surface area contributed by atoms with Crippen LogP contribution >= 0.6 is 11.6 Å². The second kappa shape index (κ2) is 7.31. The van der Waals surface area contributed by atoms with Gasteiger partial charge in [0.15, 0.2) is 0 Å². The van der Waals surface area contributed by atoms with Crippen molar-refractivity contribution < 1.29 is 9.53 Å². The fraction of sp³-hybridized carbons (Fsp3) is 0.368. The highest BCUT2D eigenvalue weighted by atomic mass is 35.5. The summed E-state index contributed by atoms with van der Waals surface area (Å²) in [5.74, 6) is 1.17. The molecule has 0 bridgehead atoms. The first-order chi connectivity index (χ1) is 12.0. The fourth-order valence-corrected chi connectivity index (χ4v) is 3.15. The van der Waals surface area contributed by atoms with Crippen LogP contribution in [-0.4, -0.2) is 22.8 Å². The van der Waals surface area contributed by atoms with Crippen LogP contribution in [-0.2, 0) is 11.8 Å². The van der Waals surface area contributed by atoms with E-state index in [0.717, 1.165) is 35.4 Å². The van der Waals surface area contributed by atoms with Crippen LogP contribution in [0.1, 0.15) is 35.7 Å². The van der Waals surface area contributed by atoms with Crippen molar-refractivity contribution in [1.82, 2.24) is 15.1 Å². The van der Waals surface area contributed by atoms with Gasteiger partial charge in [-0.05, 0) is 49.5 Å². The molecule has 1 atom stereocenters. The van der Waals surface area contributed by atoms with Gasteiger partial charge in [0.2, 0.25) is 5.91 Å². The molecule has 1 unspecified atom stereocenters. The summed E-state index contributed by atoms with van der Waals surface area (Å²) in [6.07, 6.45) is 5.51. The van der Waals surface area contributed by atoms with E-state index < -0.39 is 0 Å². The van der Waals surface area contributed by atoms with E-state index in [0.29, 0.717) is 11.1 Å². The molecule has 3 rings (SSSR count). The zero-order valence-corrected chi connectivity index (χ0v) is 15.4. The lowest BCUT2D eigenvalue weighted by Crippen LogP contribution is -2.28. The van der Waals surface area contributed by atoms with Gasteiger partial charge in [-0.25, -0.2) is 0 Å². The van der Waals surface area contributed by atoms with Crippen LogP contribution in [0.4, 0.5) is 0 Å². The van der Waals surface area contributed by atoms with Crippen LogP contribution < -0.4 is 10.1 Å². The molecular weight excluding hydrogens is 338 g/mol. The van der Waals surface area contributed by atoms with Crippen molar-refractivity contribution in [1.29, 1.82) is 0 Å². The Morgan fingerprint density at radius 1 is 1.40 bits per heavy atom. The van der Waals surface area contributed by atoms with E-state index in [1.807, 2.05) is 31.2 Å². The number of hydrogen-bond donors (Lipinski definition) is 1. The molecule has 0 aliphatic heterocycles. The monoisotopic (exact) mass is 359 g/mol. The average Bonchev–Trinajstić information content (AvgIpc) is 3.41. The number of hydrogen-bond acceptors (Lipinski definition) is 3. The molecule has 6 heteroatoms. The Bertz CT molecular complexity index is 792. The highest BCUT2D eigenvalue weighted by Crippen LogP contribution is 2.41. The molecule has 1 aliphatic rings. The molecule has 1 aliphatic carbocycles. The van der Waals surface area contributed by atoms with E-state index >= 15 is 0 Å². The Balaban J connectivity index is 1.71. The molecule has 1 aromatic carbocycles.